The molecule has 25 heavy (non-hydrogen) atoms. The lowest BCUT2D eigenvalue weighted by Gasteiger charge is -2.34. The number of carbonyl (C=O) groups is 3. The van der Waals surface area contributed by atoms with Gasteiger partial charge >= 0.3 is 5.97 Å². The normalized spacial score (nSPS) is 23.9. The van der Waals surface area contributed by atoms with Crippen LogP contribution in [-0.4, -0.2) is 62.5 Å². The van der Waals surface area contributed by atoms with Gasteiger partial charge in [-0.15, -0.1) is 0 Å². The van der Waals surface area contributed by atoms with E-state index in [1.54, 1.807) is 12.1 Å². The molecule has 1 aromatic carbocycles. The second kappa shape index (κ2) is 6.48. The van der Waals surface area contributed by atoms with E-state index in [1.165, 1.54) is 9.80 Å². The van der Waals surface area contributed by atoms with Crippen LogP contribution in [0.25, 0.3) is 0 Å². The zero-order chi connectivity index (χ0) is 18.3. The summed E-state index contributed by atoms with van der Waals surface area (Å²) in [5, 5.41) is 19.2. The summed E-state index contributed by atoms with van der Waals surface area (Å²) < 4.78 is 0. The molecule has 1 saturated heterocycles. The second-order valence-electron chi connectivity index (χ2n) is 7.01. The van der Waals surface area contributed by atoms with Crippen LogP contribution < -0.4 is 0 Å². The van der Waals surface area contributed by atoms with E-state index in [9.17, 15) is 24.6 Å². The van der Waals surface area contributed by atoms with Crippen LogP contribution >= 0.6 is 0 Å². The monoisotopic (exact) mass is 346 g/mol. The Morgan fingerprint density at radius 2 is 1.92 bits per heavy atom. The molecule has 2 amide bonds. The van der Waals surface area contributed by atoms with Crippen LogP contribution in [0.3, 0.4) is 0 Å². The summed E-state index contributed by atoms with van der Waals surface area (Å²) in [4.78, 5) is 40.0. The minimum Gasteiger partial charge on any atom is -0.480 e. The highest BCUT2D eigenvalue weighted by Crippen LogP contribution is 2.29. The number of rotatable bonds is 4. The SMILES string of the molecule is CC(C)[C@@H](C(=O)N1CC(O)CC1C(=O)O)N1Cc2ccccc2C1=O. The van der Waals surface area contributed by atoms with E-state index >= 15 is 0 Å². The maximum atomic E-state index is 13.1. The average molecular weight is 346 g/mol. The molecular weight excluding hydrogens is 324 g/mol. The Hall–Kier alpha value is -2.41. The zero-order valence-corrected chi connectivity index (χ0v) is 14.3. The fourth-order valence-electron chi connectivity index (χ4n) is 3.74. The standard InChI is InChI=1S/C18H22N2O5/c1-10(2)15(17(23)19-9-12(21)7-14(19)18(24)25)20-8-11-5-3-4-6-13(11)16(20)22/h3-6,10,12,14-15,21H,7-9H2,1-2H3,(H,24,25)/t12?,14?,15-/m0/s1. The third kappa shape index (κ3) is 3.00. The molecule has 2 aliphatic heterocycles. The molecule has 0 spiro atoms. The van der Waals surface area contributed by atoms with Crippen LogP contribution in [-0.2, 0) is 16.1 Å². The van der Waals surface area contributed by atoms with Gasteiger partial charge in [-0.05, 0) is 17.5 Å². The topological polar surface area (TPSA) is 98.2 Å². The quantitative estimate of drug-likeness (QED) is 0.837. The van der Waals surface area contributed by atoms with E-state index in [1.807, 2.05) is 26.0 Å². The maximum absolute atomic E-state index is 13.1. The number of carboxylic acids is 1. The van der Waals surface area contributed by atoms with Crippen molar-refractivity contribution in [1.82, 2.24) is 9.80 Å². The Morgan fingerprint density at radius 3 is 2.52 bits per heavy atom. The Balaban J connectivity index is 1.89. The molecule has 7 nitrogen and oxygen atoms in total. The smallest absolute Gasteiger partial charge is 0.326 e. The lowest BCUT2D eigenvalue weighted by molar-refractivity contribution is -0.150. The molecule has 1 fully saturated rings. The maximum Gasteiger partial charge on any atom is 0.326 e. The van der Waals surface area contributed by atoms with E-state index in [0.717, 1.165) is 5.56 Å². The number of aliphatic carboxylic acids is 1. The van der Waals surface area contributed by atoms with Crippen molar-refractivity contribution in [2.24, 2.45) is 5.92 Å². The molecule has 3 rings (SSSR count). The first-order chi connectivity index (χ1) is 11.8. The highest BCUT2D eigenvalue weighted by Gasteiger charge is 2.45. The van der Waals surface area contributed by atoms with Gasteiger partial charge in [-0.2, -0.15) is 0 Å². The summed E-state index contributed by atoms with van der Waals surface area (Å²) in [7, 11) is 0. The molecule has 0 radical (unpaired) electrons. The Morgan fingerprint density at radius 1 is 1.24 bits per heavy atom. The number of benzene rings is 1. The highest BCUT2D eigenvalue weighted by molar-refractivity contribution is 6.01. The first-order valence-corrected chi connectivity index (χ1v) is 8.41. The summed E-state index contributed by atoms with van der Waals surface area (Å²) in [6.45, 7) is 3.98. The number of hydrogen-bond donors (Lipinski definition) is 2. The molecule has 2 heterocycles. The molecule has 134 valence electrons. The van der Waals surface area contributed by atoms with Gasteiger partial charge < -0.3 is 20.0 Å². The van der Waals surface area contributed by atoms with Gasteiger partial charge in [0.1, 0.15) is 12.1 Å². The second-order valence-corrected chi connectivity index (χ2v) is 7.01. The summed E-state index contributed by atoms with van der Waals surface area (Å²) in [5.74, 6) is -1.95. The number of carboxylic acid groups (broad SMARTS) is 1. The van der Waals surface area contributed by atoms with Crippen molar-refractivity contribution in [2.45, 2.75) is 45.0 Å². The highest BCUT2D eigenvalue weighted by atomic mass is 16.4. The van der Waals surface area contributed by atoms with E-state index in [4.69, 9.17) is 0 Å². The van der Waals surface area contributed by atoms with Crippen LogP contribution in [0, 0.1) is 5.92 Å². The lowest BCUT2D eigenvalue weighted by Crippen LogP contribution is -2.54. The van der Waals surface area contributed by atoms with Crippen molar-refractivity contribution in [2.75, 3.05) is 6.54 Å². The van der Waals surface area contributed by atoms with Gasteiger partial charge in [-0.25, -0.2) is 4.79 Å². The Bertz CT molecular complexity index is 717. The first-order valence-electron chi connectivity index (χ1n) is 8.41. The number of aliphatic hydroxyl groups excluding tert-OH is 1. The predicted molar refractivity (Wildman–Crippen MR) is 88.7 cm³/mol. The number of β-amino-alcohol motifs (C(OH)–C–C–N with tert-alkyl or cyclic N) is 1. The van der Waals surface area contributed by atoms with E-state index in [-0.39, 0.29) is 24.8 Å². The fraction of sp³-hybridized carbons (Fsp3) is 0.500. The van der Waals surface area contributed by atoms with Crippen LogP contribution in [0.4, 0.5) is 0 Å². The van der Waals surface area contributed by atoms with Gasteiger partial charge in [-0.1, -0.05) is 32.0 Å². The van der Waals surface area contributed by atoms with E-state index < -0.39 is 30.1 Å². The molecular formula is C18H22N2O5. The Kier molecular flexibility index (Phi) is 4.51. The number of fused-ring (bicyclic) bond motifs is 1. The van der Waals surface area contributed by atoms with E-state index in [0.29, 0.717) is 12.1 Å². The minimum atomic E-state index is -1.14. The van der Waals surface area contributed by atoms with Gasteiger partial charge in [0.2, 0.25) is 5.91 Å². The fourth-order valence-corrected chi connectivity index (χ4v) is 3.74. The van der Waals surface area contributed by atoms with Crippen molar-refractivity contribution < 1.29 is 24.6 Å². The van der Waals surface area contributed by atoms with Gasteiger partial charge in [0.25, 0.3) is 5.91 Å². The van der Waals surface area contributed by atoms with Crippen LogP contribution in [0.5, 0.6) is 0 Å². The number of aliphatic hydroxyl groups is 1. The molecule has 0 aromatic heterocycles. The van der Waals surface area contributed by atoms with Gasteiger partial charge in [-0.3, -0.25) is 9.59 Å². The van der Waals surface area contributed by atoms with Gasteiger partial charge in [0.05, 0.1) is 6.10 Å². The summed E-state index contributed by atoms with van der Waals surface area (Å²) >= 11 is 0. The lowest BCUT2D eigenvalue weighted by atomic mass is 10.0. The molecule has 0 bridgehead atoms. The van der Waals surface area contributed by atoms with Crippen molar-refractivity contribution in [3.63, 3.8) is 0 Å². The molecule has 1 aromatic rings. The number of amides is 2. The first kappa shape index (κ1) is 17.4. The zero-order valence-electron chi connectivity index (χ0n) is 14.3. The Labute approximate surface area is 145 Å². The number of likely N-dealkylation sites (tertiary alicyclic amines) is 1. The van der Waals surface area contributed by atoms with Gasteiger partial charge in [0, 0.05) is 25.1 Å². The molecule has 7 heteroatoms. The summed E-state index contributed by atoms with van der Waals surface area (Å²) in [5.41, 5.74) is 1.44. The number of carbonyl (C=O) groups excluding carboxylic acids is 2. The molecule has 2 unspecified atom stereocenters. The minimum absolute atomic E-state index is 0.0139. The largest absolute Gasteiger partial charge is 0.480 e. The van der Waals surface area contributed by atoms with Crippen molar-refractivity contribution in [1.29, 1.82) is 0 Å². The summed E-state index contributed by atoms with van der Waals surface area (Å²) in [6.07, 6.45) is -0.843. The van der Waals surface area contributed by atoms with Crippen LogP contribution in [0.15, 0.2) is 24.3 Å². The van der Waals surface area contributed by atoms with Crippen molar-refractivity contribution in [3.05, 3.63) is 35.4 Å². The molecule has 3 atom stereocenters. The molecule has 0 saturated carbocycles. The van der Waals surface area contributed by atoms with Crippen LogP contribution in [0.2, 0.25) is 0 Å². The number of nitrogens with zero attached hydrogens (tertiary/aromatic N) is 2. The molecule has 2 N–H and O–H groups in total. The molecule has 0 aliphatic carbocycles. The van der Waals surface area contributed by atoms with Gasteiger partial charge in [0.15, 0.2) is 0 Å². The third-order valence-corrected chi connectivity index (χ3v) is 4.92. The third-order valence-electron chi connectivity index (χ3n) is 4.92. The predicted octanol–water partition coefficient (Wildman–Crippen LogP) is 0.713. The number of hydrogen-bond acceptors (Lipinski definition) is 4. The van der Waals surface area contributed by atoms with Crippen LogP contribution in [0.1, 0.15) is 36.2 Å². The van der Waals surface area contributed by atoms with Crippen molar-refractivity contribution in [3.8, 4) is 0 Å². The molecule has 2 aliphatic rings. The van der Waals surface area contributed by atoms with Crippen molar-refractivity contribution >= 4 is 17.8 Å². The summed E-state index contributed by atoms with van der Waals surface area (Å²) in [6, 6.07) is 5.41. The van der Waals surface area contributed by atoms with E-state index in [2.05, 4.69) is 0 Å². The average Bonchev–Trinajstić information content (AvgIpc) is 3.09.